The fourth-order valence-corrected chi connectivity index (χ4v) is 3.85. The highest BCUT2D eigenvalue weighted by molar-refractivity contribution is 7.17. The summed E-state index contributed by atoms with van der Waals surface area (Å²) in [6.45, 7) is 2.51. The fourth-order valence-electron chi connectivity index (χ4n) is 2.47. The van der Waals surface area contributed by atoms with Gasteiger partial charge in [-0.1, -0.05) is 42.6 Å². The van der Waals surface area contributed by atoms with Crippen LogP contribution in [-0.4, -0.2) is 22.1 Å². The summed E-state index contributed by atoms with van der Waals surface area (Å²) in [6, 6.07) is 5.16. The van der Waals surface area contributed by atoms with Crippen molar-refractivity contribution in [3.8, 4) is 0 Å². The molecule has 26 heavy (non-hydrogen) atoms. The normalized spacial score (nSPS) is 11.0. The molecule has 0 saturated heterocycles. The van der Waals surface area contributed by atoms with Gasteiger partial charge in [0.05, 0.1) is 30.4 Å². The molecule has 0 aliphatic rings. The lowest BCUT2D eigenvalue weighted by Gasteiger charge is -2.09. The van der Waals surface area contributed by atoms with Gasteiger partial charge in [-0.25, -0.2) is 9.78 Å². The minimum atomic E-state index is -0.503. The summed E-state index contributed by atoms with van der Waals surface area (Å²) in [4.78, 5) is 30.0. The minimum absolute atomic E-state index is 0.167. The number of thiophene rings is 1. The van der Waals surface area contributed by atoms with E-state index in [0.29, 0.717) is 27.0 Å². The van der Waals surface area contributed by atoms with Crippen molar-refractivity contribution >= 4 is 50.7 Å². The van der Waals surface area contributed by atoms with Crippen molar-refractivity contribution in [2.45, 2.75) is 26.3 Å². The molecule has 2 aromatic heterocycles. The molecule has 0 N–H and O–H groups in total. The quantitative estimate of drug-likeness (QED) is 0.433. The van der Waals surface area contributed by atoms with E-state index in [2.05, 4.69) is 4.98 Å². The third-order valence-electron chi connectivity index (χ3n) is 3.90. The van der Waals surface area contributed by atoms with Gasteiger partial charge in [-0.05, 0) is 18.6 Å². The zero-order valence-electron chi connectivity index (χ0n) is 14.0. The molecule has 0 fully saturated rings. The largest absolute Gasteiger partial charge is 0.462 e. The topological polar surface area (TPSA) is 61.2 Å². The van der Waals surface area contributed by atoms with E-state index in [1.54, 1.807) is 23.6 Å². The zero-order chi connectivity index (χ0) is 18.7. The van der Waals surface area contributed by atoms with Crippen LogP contribution in [-0.2, 0) is 11.3 Å². The van der Waals surface area contributed by atoms with Gasteiger partial charge in [0.25, 0.3) is 5.56 Å². The molecule has 1 aromatic carbocycles. The molecule has 0 aliphatic heterocycles. The van der Waals surface area contributed by atoms with Gasteiger partial charge in [-0.3, -0.25) is 9.36 Å². The number of nitrogens with zero attached hydrogens (tertiary/aromatic N) is 2. The number of hydrogen-bond donors (Lipinski definition) is 0. The van der Waals surface area contributed by atoms with Gasteiger partial charge in [0, 0.05) is 21.0 Å². The second-order valence-electron chi connectivity index (χ2n) is 5.70. The van der Waals surface area contributed by atoms with Crippen LogP contribution in [0.5, 0.6) is 0 Å². The Kier molecular flexibility index (Phi) is 5.96. The number of carbonyl (C=O) groups is 1. The molecule has 136 valence electrons. The van der Waals surface area contributed by atoms with E-state index in [0.717, 1.165) is 12.8 Å². The average molecular weight is 411 g/mol. The van der Waals surface area contributed by atoms with Crippen molar-refractivity contribution in [2.24, 2.45) is 0 Å². The first kappa shape index (κ1) is 18.9. The van der Waals surface area contributed by atoms with E-state index in [1.165, 1.54) is 22.2 Å². The number of rotatable bonds is 6. The molecule has 3 rings (SSSR count). The first-order chi connectivity index (χ1) is 12.5. The van der Waals surface area contributed by atoms with E-state index in [1.807, 2.05) is 6.92 Å². The average Bonchev–Trinajstić information content (AvgIpc) is 3.05. The van der Waals surface area contributed by atoms with Crippen LogP contribution in [0, 0.1) is 0 Å². The summed E-state index contributed by atoms with van der Waals surface area (Å²) < 4.78 is 6.63. The Labute approximate surface area is 164 Å². The van der Waals surface area contributed by atoms with Crippen LogP contribution in [0.25, 0.3) is 10.2 Å². The maximum Gasteiger partial charge on any atom is 0.339 e. The molecule has 0 aliphatic carbocycles. The molecule has 0 atom stereocenters. The van der Waals surface area contributed by atoms with Crippen LogP contribution in [0.4, 0.5) is 0 Å². The van der Waals surface area contributed by atoms with Gasteiger partial charge in [0.1, 0.15) is 4.83 Å². The molecule has 2 heterocycles. The molecule has 3 aromatic rings. The highest BCUT2D eigenvalue weighted by Gasteiger charge is 2.19. The molecule has 8 heteroatoms. The molecular formula is C18H16Cl2N2O3S. The highest BCUT2D eigenvalue weighted by Crippen LogP contribution is 2.26. The Hall–Kier alpha value is -1.89. The molecule has 0 bridgehead atoms. The van der Waals surface area contributed by atoms with E-state index in [-0.39, 0.29) is 23.1 Å². The summed E-state index contributed by atoms with van der Waals surface area (Å²) in [6.07, 6.45) is 3.14. The van der Waals surface area contributed by atoms with Crippen molar-refractivity contribution in [1.29, 1.82) is 0 Å². The van der Waals surface area contributed by atoms with Crippen molar-refractivity contribution in [3.63, 3.8) is 0 Å². The molecular weight excluding hydrogens is 395 g/mol. The van der Waals surface area contributed by atoms with Gasteiger partial charge < -0.3 is 4.74 Å². The first-order valence-electron chi connectivity index (χ1n) is 8.09. The lowest BCUT2D eigenvalue weighted by Crippen LogP contribution is -2.22. The second-order valence-corrected chi connectivity index (χ2v) is 7.37. The van der Waals surface area contributed by atoms with Gasteiger partial charge >= 0.3 is 5.97 Å². The molecule has 0 saturated carbocycles. The van der Waals surface area contributed by atoms with Crippen molar-refractivity contribution in [2.75, 3.05) is 6.61 Å². The molecule has 0 radical (unpaired) electrons. The van der Waals surface area contributed by atoms with Crippen LogP contribution >= 0.6 is 34.5 Å². The number of carbonyl (C=O) groups excluding carboxylic acids is 1. The molecule has 0 unspecified atom stereocenters. The van der Waals surface area contributed by atoms with Gasteiger partial charge in [0.15, 0.2) is 0 Å². The van der Waals surface area contributed by atoms with E-state index in [4.69, 9.17) is 27.9 Å². The number of benzene rings is 1. The molecule has 5 nitrogen and oxygen atoms in total. The lowest BCUT2D eigenvalue weighted by molar-refractivity contribution is 0.0502. The lowest BCUT2D eigenvalue weighted by atomic mass is 10.2. The molecule has 0 amide bonds. The number of unbranched alkanes of at least 4 members (excludes halogenated alkanes) is 1. The van der Waals surface area contributed by atoms with Crippen LogP contribution in [0.1, 0.15) is 35.7 Å². The summed E-state index contributed by atoms with van der Waals surface area (Å²) >= 11 is 13.6. The van der Waals surface area contributed by atoms with E-state index >= 15 is 0 Å². The maximum absolute atomic E-state index is 12.9. The summed E-state index contributed by atoms with van der Waals surface area (Å²) in [5.41, 5.74) is 0.550. The SMILES string of the molecule is CCCCOC(=O)c1csc2ncn(Cc3c(Cl)cccc3Cl)c(=O)c12. The van der Waals surface area contributed by atoms with Crippen molar-refractivity contribution in [1.82, 2.24) is 9.55 Å². The smallest absolute Gasteiger partial charge is 0.339 e. The predicted molar refractivity (Wildman–Crippen MR) is 105 cm³/mol. The van der Waals surface area contributed by atoms with Crippen LogP contribution in [0.3, 0.4) is 0 Å². The minimum Gasteiger partial charge on any atom is -0.462 e. The van der Waals surface area contributed by atoms with Crippen LogP contribution in [0.15, 0.2) is 34.7 Å². The predicted octanol–water partition coefficient (Wildman–Crippen LogP) is 4.77. The van der Waals surface area contributed by atoms with Gasteiger partial charge in [-0.15, -0.1) is 11.3 Å². The Bertz CT molecular complexity index is 993. The Morgan fingerprint density at radius 1 is 1.31 bits per heavy atom. The number of hydrogen-bond acceptors (Lipinski definition) is 5. The third kappa shape index (κ3) is 3.77. The maximum atomic E-state index is 12.9. The molecule has 0 spiro atoms. The number of ether oxygens (including phenoxy) is 1. The summed E-state index contributed by atoms with van der Waals surface area (Å²) in [5, 5.41) is 2.81. The van der Waals surface area contributed by atoms with Crippen molar-refractivity contribution < 1.29 is 9.53 Å². The first-order valence-corrected chi connectivity index (χ1v) is 9.73. The number of fused-ring (bicyclic) bond motifs is 1. The van der Waals surface area contributed by atoms with Crippen molar-refractivity contribution in [3.05, 3.63) is 61.4 Å². The number of halogens is 2. The Balaban J connectivity index is 1.99. The Morgan fingerprint density at radius 2 is 2.04 bits per heavy atom. The summed E-state index contributed by atoms with van der Waals surface area (Å²) in [7, 11) is 0. The van der Waals surface area contributed by atoms with Gasteiger partial charge in [0.2, 0.25) is 0 Å². The van der Waals surface area contributed by atoms with Crippen LogP contribution in [0.2, 0.25) is 10.0 Å². The number of esters is 1. The standard InChI is InChI=1S/C18H16Cl2N2O3S/c1-2-3-7-25-18(24)12-9-26-16-15(12)17(23)22(10-21-16)8-11-13(19)5-4-6-14(11)20/h4-6,9-10H,2-3,7-8H2,1H3. The summed E-state index contributed by atoms with van der Waals surface area (Å²) in [5.74, 6) is -0.503. The van der Waals surface area contributed by atoms with Crippen LogP contribution < -0.4 is 5.56 Å². The number of aromatic nitrogens is 2. The van der Waals surface area contributed by atoms with Gasteiger partial charge in [-0.2, -0.15) is 0 Å². The highest BCUT2D eigenvalue weighted by atomic mass is 35.5. The van der Waals surface area contributed by atoms with E-state index < -0.39 is 5.97 Å². The zero-order valence-corrected chi connectivity index (χ0v) is 16.3. The monoisotopic (exact) mass is 410 g/mol. The Morgan fingerprint density at radius 3 is 2.73 bits per heavy atom. The third-order valence-corrected chi connectivity index (χ3v) is 5.50. The fraction of sp³-hybridized carbons (Fsp3) is 0.278. The van der Waals surface area contributed by atoms with E-state index in [9.17, 15) is 9.59 Å². The second kappa shape index (κ2) is 8.20.